The molecule has 1 saturated heterocycles. The van der Waals surface area contributed by atoms with Gasteiger partial charge < -0.3 is 16.6 Å². The molecular weight excluding hydrogens is 418 g/mol. The third-order valence-electron chi connectivity index (χ3n) is 3.78. The summed E-state index contributed by atoms with van der Waals surface area (Å²) in [5.74, 6) is -0.212. The summed E-state index contributed by atoms with van der Waals surface area (Å²) >= 11 is 3.50. The summed E-state index contributed by atoms with van der Waals surface area (Å²) in [7, 11) is 0. The lowest BCUT2D eigenvalue weighted by atomic mass is 10.1. The van der Waals surface area contributed by atoms with Crippen LogP contribution in [-0.2, 0) is 4.79 Å². The molecule has 1 aliphatic rings. The molecule has 10 heteroatoms. The summed E-state index contributed by atoms with van der Waals surface area (Å²) in [4.78, 5) is 34.3. The van der Waals surface area contributed by atoms with E-state index >= 15 is 0 Å². The molecule has 0 radical (unpaired) electrons. The van der Waals surface area contributed by atoms with Crippen molar-refractivity contribution in [1.29, 1.82) is 0 Å². The van der Waals surface area contributed by atoms with Crippen molar-refractivity contribution in [2.45, 2.75) is 32.7 Å². The van der Waals surface area contributed by atoms with Crippen LogP contribution in [0.5, 0.6) is 0 Å². The molecule has 27 heavy (non-hydrogen) atoms. The fourth-order valence-electron chi connectivity index (χ4n) is 2.59. The Morgan fingerprint density at radius 1 is 1.19 bits per heavy atom. The maximum absolute atomic E-state index is 12.7. The van der Waals surface area contributed by atoms with Gasteiger partial charge in [-0.3, -0.25) is 19.7 Å². The van der Waals surface area contributed by atoms with Crippen LogP contribution >= 0.6 is 15.9 Å². The molecule has 0 spiro atoms. The minimum Gasteiger partial charge on any atom is -0.465 e. The third-order valence-corrected chi connectivity index (χ3v) is 4.45. The first-order chi connectivity index (χ1) is 12.4. The number of carbonyl (C=O) groups excluding carboxylic acids is 2. The second-order valence-electron chi connectivity index (χ2n) is 6.89. The van der Waals surface area contributed by atoms with Crippen molar-refractivity contribution in [1.82, 2.24) is 9.91 Å². The molecule has 1 heterocycles. The van der Waals surface area contributed by atoms with Crippen molar-refractivity contribution in [3.63, 3.8) is 0 Å². The summed E-state index contributed by atoms with van der Waals surface area (Å²) in [5, 5.41) is 12.9. The van der Waals surface area contributed by atoms with Crippen LogP contribution in [-0.4, -0.2) is 58.2 Å². The first kappa shape index (κ1) is 22.6. The summed E-state index contributed by atoms with van der Waals surface area (Å²) in [6.07, 6.45) is -0.229. The normalized spacial score (nSPS) is 13.6. The Morgan fingerprint density at radius 2 is 1.74 bits per heavy atom. The number of amides is 4. The molecule has 0 unspecified atom stereocenters. The molecule has 1 aliphatic heterocycles. The van der Waals surface area contributed by atoms with Crippen LogP contribution in [0.3, 0.4) is 0 Å². The van der Waals surface area contributed by atoms with Gasteiger partial charge in [-0.2, -0.15) is 0 Å². The minimum atomic E-state index is -1.09. The number of benzene rings is 1. The highest BCUT2D eigenvalue weighted by molar-refractivity contribution is 9.10. The van der Waals surface area contributed by atoms with Gasteiger partial charge in [0, 0.05) is 23.1 Å². The van der Waals surface area contributed by atoms with E-state index in [9.17, 15) is 14.7 Å². The number of rotatable bonds is 3. The van der Waals surface area contributed by atoms with Crippen molar-refractivity contribution in [3.05, 3.63) is 28.7 Å². The average Bonchev–Trinajstić information content (AvgIpc) is 3.00. The van der Waals surface area contributed by atoms with E-state index in [0.29, 0.717) is 6.54 Å². The van der Waals surface area contributed by atoms with Crippen molar-refractivity contribution in [2.24, 2.45) is 11.5 Å². The van der Waals surface area contributed by atoms with Gasteiger partial charge >= 0.3 is 12.1 Å². The van der Waals surface area contributed by atoms with Crippen LogP contribution < -0.4 is 16.5 Å². The number of carboxylic acid groups (broad SMARTS) is 1. The van der Waals surface area contributed by atoms with Gasteiger partial charge in [0.2, 0.25) is 0 Å². The van der Waals surface area contributed by atoms with E-state index in [4.69, 9.17) is 4.79 Å². The van der Waals surface area contributed by atoms with Crippen molar-refractivity contribution in [2.75, 3.05) is 24.6 Å². The van der Waals surface area contributed by atoms with Gasteiger partial charge in [0.1, 0.15) is 6.54 Å². The standard InChI is InChI=1S/C16H22BrN3O3.CH4N2O/c1-16(2,3)18(15(22)23)11-14(21)20-10-6-9-19(20)13-8-5-4-7-12(13)17;2-1(3)4/h4-5,7-8H,6,9-11H2,1-3H3,(H,22,23);(H4,2,3,4). The Morgan fingerprint density at radius 3 is 2.22 bits per heavy atom. The topological polar surface area (TPSA) is 133 Å². The van der Waals surface area contributed by atoms with E-state index in [1.165, 1.54) is 4.90 Å². The number of nitrogens with two attached hydrogens (primary N) is 2. The Bertz CT molecular complexity index is 688. The first-order valence-electron chi connectivity index (χ1n) is 8.33. The fraction of sp³-hybridized carbons (Fsp3) is 0.471. The van der Waals surface area contributed by atoms with Crippen molar-refractivity contribution >= 4 is 39.6 Å². The van der Waals surface area contributed by atoms with Crippen LogP contribution in [0.15, 0.2) is 28.7 Å². The molecule has 9 nitrogen and oxygen atoms in total. The largest absolute Gasteiger partial charge is 0.465 e. The molecule has 1 aromatic carbocycles. The Hall–Kier alpha value is -2.49. The minimum absolute atomic E-state index is 0.153. The summed E-state index contributed by atoms with van der Waals surface area (Å²) in [6, 6.07) is 6.87. The predicted octanol–water partition coefficient (Wildman–Crippen LogP) is 2.21. The lowest BCUT2D eigenvalue weighted by Gasteiger charge is -2.36. The lowest BCUT2D eigenvalue weighted by molar-refractivity contribution is -0.132. The molecule has 0 saturated carbocycles. The number of hydrogen-bond donors (Lipinski definition) is 3. The lowest BCUT2D eigenvalue weighted by Crippen LogP contribution is -2.52. The number of primary amides is 2. The van der Waals surface area contributed by atoms with Crippen LogP contribution in [0.4, 0.5) is 15.3 Å². The van der Waals surface area contributed by atoms with Gasteiger partial charge in [-0.05, 0) is 55.3 Å². The van der Waals surface area contributed by atoms with Crippen LogP contribution in [0.25, 0.3) is 0 Å². The number of nitrogens with zero attached hydrogens (tertiary/aromatic N) is 3. The predicted molar refractivity (Wildman–Crippen MR) is 106 cm³/mol. The fourth-order valence-corrected chi connectivity index (χ4v) is 3.08. The van der Waals surface area contributed by atoms with E-state index in [2.05, 4.69) is 27.4 Å². The number of para-hydroxylation sites is 1. The van der Waals surface area contributed by atoms with Gasteiger partial charge in [-0.25, -0.2) is 9.59 Å². The number of halogens is 1. The van der Waals surface area contributed by atoms with Gasteiger partial charge in [0.15, 0.2) is 0 Å². The molecule has 0 atom stereocenters. The molecule has 5 N–H and O–H groups in total. The van der Waals surface area contributed by atoms with E-state index < -0.39 is 17.7 Å². The van der Waals surface area contributed by atoms with Crippen LogP contribution in [0.1, 0.15) is 27.2 Å². The molecule has 1 aromatic rings. The van der Waals surface area contributed by atoms with Gasteiger partial charge in [0.25, 0.3) is 5.91 Å². The van der Waals surface area contributed by atoms with Crippen LogP contribution in [0.2, 0.25) is 0 Å². The third kappa shape index (κ3) is 6.63. The zero-order valence-corrected chi connectivity index (χ0v) is 17.3. The van der Waals surface area contributed by atoms with Gasteiger partial charge in [0.05, 0.1) is 5.69 Å². The summed E-state index contributed by atoms with van der Waals surface area (Å²) < 4.78 is 0.908. The van der Waals surface area contributed by atoms with E-state index in [1.807, 2.05) is 29.3 Å². The second-order valence-corrected chi connectivity index (χ2v) is 7.74. The van der Waals surface area contributed by atoms with E-state index in [1.54, 1.807) is 25.8 Å². The van der Waals surface area contributed by atoms with E-state index in [-0.39, 0.29) is 12.5 Å². The van der Waals surface area contributed by atoms with Gasteiger partial charge in [-0.15, -0.1) is 0 Å². The molecule has 0 aromatic heterocycles. The molecule has 150 valence electrons. The van der Waals surface area contributed by atoms with Crippen molar-refractivity contribution in [3.8, 4) is 0 Å². The molecular formula is C17H26BrN5O4. The molecule has 0 aliphatic carbocycles. The van der Waals surface area contributed by atoms with Gasteiger partial charge in [-0.1, -0.05) is 12.1 Å². The highest BCUT2D eigenvalue weighted by atomic mass is 79.9. The van der Waals surface area contributed by atoms with E-state index in [0.717, 1.165) is 23.1 Å². The van der Waals surface area contributed by atoms with Crippen LogP contribution in [0, 0.1) is 0 Å². The quantitative estimate of drug-likeness (QED) is 0.658. The number of urea groups is 1. The highest BCUT2D eigenvalue weighted by Gasteiger charge is 2.33. The molecule has 2 rings (SSSR count). The highest BCUT2D eigenvalue weighted by Crippen LogP contribution is 2.30. The smallest absolute Gasteiger partial charge is 0.408 e. The number of hydrogen-bond acceptors (Lipinski definition) is 4. The molecule has 1 fully saturated rings. The zero-order valence-electron chi connectivity index (χ0n) is 15.7. The Labute approximate surface area is 167 Å². The number of hydrazine groups is 1. The maximum Gasteiger partial charge on any atom is 0.408 e. The van der Waals surface area contributed by atoms with Crippen molar-refractivity contribution < 1.29 is 19.5 Å². The SMILES string of the molecule is CC(C)(C)N(CC(=O)N1CCCN1c1ccccc1Br)C(=O)O.NC(N)=O. The summed E-state index contributed by atoms with van der Waals surface area (Å²) in [6.45, 7) is 6.52. The molecule has 0 bridgehead atoms. The second kappa shape index (κ2) is 9.45. The Kier molecular flexibility index (Phi) is 7.89. The first-order valence-corrected chi connectivity index (χ1v) is 9.12. The number of carbonyl (C=O) groups is 3. The maximum atomic E-state index is 12.7. The molecule has 4 amide bonds. The number of anilines is 1. The average molecular weight is 444 g/mol. The zero-order chi connectivity index (χ0) is 20.8. The monoisotopic (exact) mass is 443 g/mol. The summed E-state index contributed by atoms with van der Waals surface area (Å²) in [5.41, 5.74) is 8.79. The Balaban J connectivity index is 0.000000828.